The molecule has 1 heterocycles. The Balaban J connectivity index is 3.03. The van der Waals surface area contributed by atoms with E-state index in [0.29, 0.717) is 12.2 Å². The first kappa shape index (κ1) is 16.3. The van der Waals surface area contributed by atoms with Crippen LogP contribution < -0.4 is 5.32 Å². The molecule has 1 aromatic rings. The van der Waals surface area contributed by atoms with Crippen molar-refractivity contribution < 1.29 is 18.7 Å². The van der Waals surface area contributed by atoms with Gasteiger partial charge >= 0.3 is 0 Å². The van der Waals surface area contributed by atoms with Crippen LogP contribution in [-0.2, 0) is 0 Å². The number of aliphatic hydroxyl groups excluding tert-OH is 1. The lowest BCUT2D eigenvalue weighted by atomic mass is 10.1. The molecule has 7 heteroatoms. The summed E-state index contributed by atoms with van der Waals surface area (Å²) in [7, 11) is 0. The molecule has 0 aliphatic carbocycles. The molecular weight excluding hydrogens is 268 g/mol. The summed E-state index contributed by atoms with van der Waals surface area (Å²) in [6, 6.07) is 1.69. The van der Waals surface area contributed by atoms with E-state index in [4.69, 9.17) is 5.11 Å². The highest BCUT2D eigenvalue weighted by Gasteiger charge is 2.22. The fourth-order valence-corrected chi connectivity index (χ4v) is 1.80. The molecule has 0 atom stereocenters. The van der Waals surface area contributed by atoms with Crippen LogP contribution in [0.4, 0.5) is 14.5 Å². The van der Waals surface area contributed by atoms with Crippen LogP contribution in [0, 0.1) is 6.92 Å². The zero-order valence-corrected chi connectivity index (χ0v) is 11.6. The van der Waals surface area contributed by atoms with E-state index in [0.717, 1.165) is 10.6 Å². The van der Waals surface area contributed by atoms with Crippen molar-refractivity contribution in [2.75, 3.05) is 31.6 Å². The molecule has 0 radical (unpaired) electrons. The molecule has 20 heavy (non-hydrogen) atoms. The number of amides is 1. The number of alkyl halides is 2. The number of anilines is 1. The van der Waals surface area contributed by atoms with Crippen LogP contribution >= 0.6 is 0 Å². The van der Waals surface area contributed by atoms with E-state index in [-0.39, 0.29) is 18.7 Å². The van der Waals surface area contributed by atoms with Crippen molar-refractivity contribution >= 4 is 11.6 Å². The monoisotopic (exact) mass is 287 g/mol. The standard InChI is InChI=1S/C13H19F2N3O2/c1-3-16-11-6-9(2)17-7-10(11)13(20)18(4-5-19)8-12(14)15/h6-7,12,19H,3-5,8H2,1-2H3,(H,16,17). The summed E-state index contributed by atoms with van der Waals surface area (Å²) in [5.74, 6) is -0.567. The van der Waals surface area contributed by atoms with Crippen molar-refractivity contribution in [1.29, 1.82) is 0 Å². The number of nitrogens with zero attached hydrogens (tertiary/aromatic N) is 2. The maximum absolute atomic E-state index is 12.5. The molecule has 0 bridgehead atoms. The van der Waals surface area contributed by atoms with Crippen LogP contribution in [0.25, 0.3) is 0 Å². The summed E-state index contributed by atoms with van der Waals surface area (Å²) in [6.07, 6.45) is -1.28. The minimum absolute atomic E-state index is 0.136. The number of nitrogens with one attached hydrogen (secondary N) is 1. The summed E-state index contributed by atoms with van der Waals surface area (Å²) in [5, 5.41) is 11.9. The first-order chi connectivity index (χ1) is 9.49. The SMILES string of the molecule is CCNc1cc(C)ncc1C(=O)N(CCO)CC(F)F. The van der Waals surface area contributed by atoms with Gasteiger partial charge in [0.05, 0.1) is 24.4 Å². The topological polar surface area (TPSA) is 65.5 Å². The van der Waals surface area contributed by atoms with Gasteiger partial charge in [-0.15, -0.1) is 0 Å². The highest BCUT2D eigenvalue weighted by Crippen LogP contribution is 2.18. The van der Waals surface area contributed by atoms with Gasteiger partial charge in [0, 0.05) is 25.0 Å². The minimum atomic E-state index is -2.65. The maximum atomic E-state index is 12.5. The minimum Gasteiger partial charge on any atom is -0.395 e. The summed E-state index contributed by atoms with van der Waals surface area (Å²) in [6.45, 7) is 3.03. The molecule has 0 fully saturated rings. The summed E-state index contributed by atoms with van der Waals surface area (Å²) < 4.78 is 25.0. The van der Waals surface area contributed by atoms with E-state index in [1.54, 1.807) is 13.0 Å². The lowest BCUT2D eigenvalue weighted by Crippen LogP contribution is -2.37. The smallest absolute Gasteiger partial charge is 0.257 e. The second-order valence-electron chi connectivity index (χ2n) is 4.27. The second-order valence-corrected chi connectivity index (χ2v) is 4.27. The zero-order valence-electron chi connectivity index (χ0n) is 11.6. The molecule has 0 saturated heterocycles. The number of halogens is 2. The Kier molecular flexibility index (Phi) is 6.30. The molecular formula is C13H19F2N3O2. The average Bonchev–Trinajstić information content (AvgIpc) is 2.37. The number of aromatic nitrogens is 1. The third-order valence-corrected chi connectivity index (χ3v) is 2.65. The van der Waals surface area contributed by atoms with E-state index in [2.05, 4.69) is 10.3 Å². The zero-order chi connectivity index (χ0) is 15.1. The summed E-state index contributed by atoms with van der Waals surface area (Å²) in [5.41, 5.74) is 1.51. The predicted octanol–water partition coefficient (Wildman–Crippen LogP) is 1.52. The van der Waals surface area contributed by atoms with E-state index in [1.807, 2.05) is 6.92 Å². The van der Waals surface area contributed by atoms with Crippen LogP contribution in [0.3, 0.4) is 0 Å². The molecule has 1 aromatic heterocycles. The van der Waals surface area contributed by atoms with Crippen molar-refractivity contribution in [2.45, 2.75) is 20.3 Å². The number of hydrogen-bond acceptors (Lipinski definition) is 4. The fourth-order valence-electron chi connectivity index (χ4n) is 1.80. The van der Waals surface area contributed by atoms with Crippen molar-refractivity contribution in [3.63, 3.8) is 0 Å². The van der Waals surface area contributed by atoms with Crippen molar-refractivity contribution in [1.82, 2.24) is 9.88 Å². The van der Waals surface area contributed by atoms with Crippen molar-refractivity contribution in [2.24, 2.45) is 0 Å². The number of carbonyl (C=O) groups excluding carboxylic acids is 1. The van der Waals surface area contributed by atoms with Gasteiger partial charge < -0.3 is 15.3 Å². The quantitative estimate of drug-likeness (QED) is 0.798. The number of aryl methyl sites for hydroxylation is 1. The number of carbonyl (C=O) groups is 1. The average molecular weight is 287 g/mol. The van der Waals surface area contributed by atoms with Gasteiger partial charge in [0.15, 0.2) is 0 Å². The molecule has 1 rings (SSSR count). The van der Waals surface area contributed by atoms with Crippen molar-refractivity contribution in [3.8, 4) is 0 Å². The largest absolute Gasteiger partial charge is 0.395 e. The molecule has 0 spiro atoms. The fraction of sp³-hybridized carbons (Fsp3) is 0.538. The third-order valence-electron chi connectivity index (χ3n) is 2.65. The van der Waals surface area contributed by atoms with Crippen LogP contribution in [0.2, 0.25) is 0 Å². The highest BCUT2D eigenvalue weighted by molar-refractivity contribution is 5.99. The maximum Gasteiger partial charge on any atom is 0.257 e. The Labute approximate surface area is 116 Å². The molecule has 0 saturated carbocycles. The third kappa shape index (κ3) is 4.41. The van der Waals surface area contributed by atoms with Gasteiger partial charge in [-0.05, 0) is 19.9 Å². The van der Waals surface area contributed by atoms with E-state index < -0.39 is 18.9 Å². The van der Waals surface area contributed by atoms with Crippen LogP contribution in [0.1, 0.15) is 23.0 Å². The normalized spacial score (nSPS) is 10.7. The molecule has 5 nitrogen and oxygen atoms in total. The molecule has 2 N–H and O–H groups in total. The molecule has 0 aliphatic heterocycles. The second kappa shape index (κ2) is 7.74. The first-order valence-electron chi connectivity index (χ1n) is 6.38. The Hall–Kier alpha value is -1.76. The molecule has 0 unspecified atom stereocenters. The van der Waals surface area contributed by atoms with Crippen LogP contribution in [-0.4, -0.2) is 53.6 Å². The van der Waals surface area contributed by atoms with Crippen molar-refractivity contribution in [3.05, 3.63) is 23.5 Å². The van der Waals surface area contributed by atoms with Gasteiger partial charge in [0.2, 0.25) is 0 Å². The lowest BCUT2D eigenvalue weighted by Gasteiger charge is -2.22. The van der Waals surface area contributed by atoms with Crippen LogP contribution in [0.15, 0.2) is 12.3 Å². The Bertz CT molecular complexity index is 455. The van der Waals surface area contributed by atoms with Crippen LogP contribution in [0.5, 0.6) is 0 Å². The van der Waals surface area contributed by atoms with Gasteiger partial charge in [0.1, 0.15) is 0 Å². The van der Waals surface area contributed by atoms with Gasteiger partial charge in [-0.25, -0.2) is 8.78 Å². The lowest BCUT2D eigenvalue weighted by molar-refractivity contribution is 0.0509. The molecule has 112 valence electrons. The number of hydrogen-bond donors (Lipinski definition) is 2. The number of rotatable bonds is 7. The number of aliphatic hydroxyl groups is 1. The van der Waals surface area contributed by atoms with Gasteiger partial charge in [0.25, 0.3) is 12.3 Å². The van der Waals surface area contributed by atoms with Gasteiger partial charge in [-0.2, -0.15) is 0 Å². The Morgan fingerprint density at radius 1 is 1.55 bits per heavy atom. The van der Waals surface area contributed by atoms with E-state index in [9.17, 15) is 13.6 Å². The first-order valence-corrected chi connectivity index (χ1v) is 6.38. The predicted molar refractivity (Wildman–Crippen MR) is 72.1 cm³/mol. The van der Waals surface area contributed by atoms with Gasteiger partial charge in [-0.1, -0.05) is 0 Å². The highest BCUT2D eigenvalue weighted by atomic mass is 19.3. The summed E-state index contributed by atoms with van der Waals surface area (Å²) >= 11 is 0. The van der Waals surface area contributed by atoms with E-state index >= 15 is 0 Å². The molecule has 0 aromatic carbocycles. The van der Waals surface area contributed by atoms with E-state index in [1.165, 1.54) is 6.20 Å². The van der Waals surface area contributed by atoms with Gasteiger partial charge in [-0.3, -0.25) is 9.78 Å². The molecule has 1 amide bonds. The molecule has 0 aliphatic rings. The Morgan fingerprint density at radius 2 is 2.25 bits per heavy atom. The summed E-state index contributed by atoms with van der Waals surface area (Å²) in [4.78, 5) is 17.2. The number of pyridine rings is 1. The Morgan fingerprint density at radius 3 is 2.80 bits per heavy atom.